The summed E-state index contributed by atoms with van der Waals surface area (Å²) in [5.74, 6) is -1.42. The summed E-state index contributed by atoms with van der Waals surface area (Å²) in [6.07, 6.45) is 2.92. The van der Waals surface area contributed by atoms with E-state index in [1.54, 1.807) is 48.5 Å². The molecule has 0 radical (unpaired) electrons. The van der Waals surface area contributed by atoms with Crippen molar-refractivity contribution in [3.63, 3.8) is 0 Å². The van der Waals surface area contributed by atoms with Crippen LogP contribution < -0.4 is 9.64 Å². The van der Waals surface area contributed by atoms with Crippen molar-refractivity contribution in [3.05, 3.63) is 87.7 Å². The topological polar surface area (TPSA) is 92.6 Å². The first-order valence-corrected chi connectivity index (χ1v) is 10.4. The number of hydrogen-bond acceptors (Lipinski definition) is 6. The number of anilines is 1. The van der Waals surface area contributed by atoms with Crippen LogP contribution >= 0.6 is 23.2 Å². The average Bonchev–Trinajstić information content (AvgIpc) is 3.07. The number of carbonyl (C=O) groups is 2. The molecule has 2 heterocycles. The normalized spacial score (nSPS) is 17.6. The van der Waals surface area contributed by atoms with Gasteiger partial charge in [0.2, 0.25) is 5.95 Å². The summed E-state index contributed by atoms with van der Waals surface area (Å²) in [6, 6.07) is 11.9. The van der Waals surface area contributed by atoms with Crippen LogP contribution in [0.2, 0.25) is 10.0 Å². The van der Waals surface area contributed by atoms with Gasteiger partial charge in [-0.15, -0.1) is 0 Å². The third-order valence-electron chi connectivity index (χ3n) is 4.91. The summed E-state index contributed by atoms with van der Waals surface area (Å²) in [5.41, 5.74) is 0.717. The predicted octanol–water partition coefficient (Wildman–Crippen LogP) is 4.81. The summed E-state index contributed by atoms with van der Waals surface area (Å²) in [7, 11) is 0. The minimum Gasteiger partial charge on any atom is -0.507 e. The zero-order chi connectivity index (χ0) is 22.8. The van der Waals surface area contributed by atoms with Crippen molar-refractivity contribution in [2.24, 2.45) is 0 Å². The maximum absolute atomic E-state index is 13.1. The van der Waals surface area contributed by atoms with Gasteiger partial charge in [-0.3, -0.25) is 14.5 Å². The summed E-state index contributed by atoms with van der Waals surface area (Å²) >= 11 is 12.3. The molecule has 3 aromatic rings. The number of Topliss-reactive ketones (excluding diaryl/α,β-unsaturated/α-hetero) is 1. The van der Waals surface area contributed by atoms with Crippen molar-refractivity contribution in [1.29, 1.82) is 0 Å². The SMILES string of the molecule is CCOc1ccc(C(O)=C2C(=O)C(=O)N(c3ncccn3)[C@H]2c2ccc(Cl)c(Cl)c2)cc1. The fraction of sp³-hybridized carbons (Fsp3) is 0.130. The molecule has 1 saturated heterocycles. The standard InChI is InChI=1S/C23H17Cl2N3O4/c1-2-32-15-7-4-13(5-8-15)20(29)18-19(14-6-9-16(24)17(25)12-14)28(22(31)21(18)30)23-26-10-3-11-27-23/h3-12,19,29H,2H2,1H3/t19-/m0/s1. The summed E-state index contributed by atoms with van der Waals surface area (Å²) in [5, 5.41) is 11.6. The van der Waals surface area contributed by atoms with E-state index in [2.05, 4.69) is 9.97 Å². The lowest BCUT2D eigenvalue weighted by Gasteiger charge is -2.23. The molecule has 162 valence electrons. The molecule has 4 rings (SSSR count). The van der Waals surface area contributed by atoms with Crippen molar-refractivity contribution in [3.8, 4) is 5.75 Å². The van der Waals surface area contributed by atoms with Gasteiger partial charge in [-0.2, -0.15) is 0 Å². The van der Waals surface area contributed by atoms with E-state index in [1.807, 2.05) is 6.92 Å². The number of amides is 1. The molecule has 1 aliphatic heterocycles. The van der Waals surface area contributed by atoms with E-state index in [-0.39, 0.29) is 22.3 Å². The maximum Gasteiger partial charge on any atom is 0.302 e. The largest absolute Gasteiger partial charge is 0.507 e. The number of halogens is 2. The lowest BCUT2D eigenvalue weighted by molar-refractivity contribution is -0.132. The van der Waals surface area contributed by atoms with Gasteiger partial charge in [-0.05, 0) is 55.0 Å². The second kappa shape index (κ2) is 8.98. The Morgan fingerprint density at radius 2 is 1.75 bits per heavy atom. The van der Waals surface area contributed by atoms with Crippen LogP contribution in [0.5, 0.6) is 5.75 Å². The molecule has 7 nitrogen and oxygen atoms in total. The number of aliphatic hydroxyl groups excluding tert-OH is 1. The van der Waals surface area contributed by atoms with Gasteiger partial charge in [-0.1, -0.05) is 29.3 Å². The molecule has 1 fully saturated rings. The molecule has 1 aromatic heterocycles. The van der Waals surface area contributed by atoms with Crippen LogP contribution in [0.25, 0.3) is 5.76 Å². The number of benzene rings is 2. The Morgan fingerprint density at radius 3 is 2.38 bits per heavy atom. The molecule has 1 atom stereocenters. The van der Waals surface area contributed by atoms with Crippen LogP contribution in [0.4, 0.5) is 5.95 Å². The molecular formula is C23H17Cl2N3O4. The van der Waals surface area contributed by atoms with Gasteiger partial charge in [-0.25, -0.2) is 9.97 Å². The zero-order valence-corrected chi connectivity index (χ0v) is 18.3. The van der Waals surface area contributed by atoms with Gasteiger partial charge in [0, 0.05) is 18.0 Å². The van der Waals surface area contributed by atoms with E-state index in [0.717, 1.165) is 4.90 Å². The Morgan fingerprint density at radius 1 is 1.06 bits per heavy atom. The van der Waals surface area contributed by atoms with Crippen molar-refractivity contribution in [2.75, 3.05) is 11.5 Å². The second-order valence-corrected chi connectivity index (χ2v) is 7.66. The highest BCUT2D eigenvalue weighted by Gasteiger charge is 2.48. The van der Waals surface area contributed by atoms with Crippen molar-refractivity contribution < 1.29 is 19.4 Å². The number of ketones is 1. The highest BCUT2D eigenvalue weighted by Crippen LogP contribution is 2.42. The van der Waals surface area contributed by atoms with E-state index < -0.39 is 17.7 Å². The number of ether oxygens (including phenoxy) is 1. The molecule has 1 amide bonds. The fourth-order valence-electron chi connectivity index (χ4n) is 3.48. The average molecular weight is 470 g/mol. The Balaban J connectivity index is 1.90. The molecule has 2 aromatic carbocycles. The number of carbonyl (C=O) groups excluding carboxylic acids is 2. The Bertz CT molecular complexity index is 1210. The Hall–Kier alpha value is -3.42. The molecule has 0 unspecified atom stereocenters. The lowest BCUT2D eigenvalue weighted by Crippen LogP contribution is -2.31. The van der Waals surface area contributed by atoms with Gasteiger partial charge in [0.25, 0.3) is 5.78 Å². The minimum absolute atomic E-state index is 0.0245. The quantitative estimate of drug-likeness (QED) is 0.327. The number of aliphatic hydroxyl groups is 1. The minimum atomic E-state index is -1.00. The van der Waals surface area contributed by atoms with Crippen molar-refractivity contribution in [1.82, 2.24) is 9.97 Å². The molecule has 0 saturated carbocycles. The second-order valence-electron chi connectivity index (χ2n) is 6.85. The van der Waals surface area contributed by atoms with E-state index in [4.69, 9.17) is 27.9 Å². The summed E-state index contributed by atoms with van der Waals surface area (Å²) in [6.45, 7) is 2.35. The van der Waals surface area contributed by atoms with Gasteiger partial charge in [0.05, 0.1) is 28.3 Å². The lowest BCUT2D eigenvalue weighted by atomic mass is 9.95. The van der Waals surface area contributed by atoms with Crippen LogP contribution in [0.15, 0.2) is 66.5 Å². The molecule has 0 bridgehead atoms. The summed E-state index contributed by atoms with van der Waals surface area (Å²) in [4.78, 5) is 35.4. The van der Waals surface area contributed by atoms with E-state index in [1.165, 1.54) is 12.4 Å². The third kappa shape index (κ3) is 3.92. The zero-order valence-electron chi connectivity index (χ0n) is 16.8. The van der Waals surface area contributed by atoms with Crippen molar-refractivity contribution in [2.45, 2.75) is 13.0 Å². The smallest absolute Gasteiger partial charge is 0.302 e. The van der Waals surface area contributed by atoms with Crippen LogP contribution in [0.1, 0.15) is 24.1 Å². The Kier molecular flexibility index (Phi) is 6.12. The van der Waals surface area contributed by atoms with Gasteiger partial charge < -0.3 is 9.84 Å². The number of hydrogen-bond donors (Lipinski definition) is 1. The van der Waals surface area contributed by atoms with Crippen LogP contribution in [-0.4, -0.2) is 33.4 Å². The van der Waals surface area contributed by atoms with Crippen molar-refractivity contribution >= 4 is 46.6 Å². The van der Waals surface area contributed by atoms with Gasteiger partial charge in [0.1, 0.15) is 11.5 Å². The number of aromatic nitrogens is 2. The molecule has 32 heavy (non-hydrogen) atoms. The summed E-state index contributed by atoms with van der Waals surface area (Å²) < 4.78 is 5.42. The third-order valence-corrected chi connectivity index (χ3v) is 5.65. The molecule has 1 N–H and O–H groups in total. The predicted molar refractivity (Wildman–Crippen MR) is 121 cm³/mol. The monoisotopic (exact) mass is 469 g/mol. The molecule has 1 aliphatic rings. The first-order valence-electron chi connectivity index (χ1n) is 9.68. The number of rotatable bonds is 5. The van der Waals surface area contributed by atoms with Gasteiger partial charge >= 0.3 is 5.91 Å². The van der Waals surface area contributed by atoms with Crippen LogP contribution in [0, 0.1) is 0 Å². The fourth-order valence-corrected chi connectivity index (χ4v) is 3.79. The first-order chi connectivity index (χ1) is 15.4. The highest BCUT2D eigenvalue weighted by molar-refractivity contribution is 6.51. The molecular weight excluding hydrogens is 453 g/mol. The highest BCUT2D eigenvalue weighted by atomic mass is 35.5. The van der Waals surface area contributed by atoms with E-state index in [0.29, 0.717) is 28.5 Å². The Labute approximate surface area is 193 Å². The number of nitrogens with zero attached hydrogens (tertiary/aromatic N) is 3. The van der Waals surface area contributed by atoms with Crippen LogP contribution in [0.3, 0.4) is 0 Å². The maximum atomic E-state index is 13.1. The van der Waals surface area contributed by atoms with E-state index in [9.17, 15) is 14.7 Å². The molecule has 9 heteroatoms. The molecule has 0 aliphatic carbocycles. The van der Waals surface area contributed by atoms with E-state index >= 15 is 0 Å². The van der Waals surface area contributed by atoms with Gasteiger partial charge in [0.15, 0.2) is 0 Å². The van der Waals surface area contributed by atoms with Crippen LogP contribution in [-0.2, 0) is 9.59 Å². The molecule has 0 spiro atoms. The first kappa shape index (κ1) is 21.8.